The number of aromatic nitrogens is 2. The van der Waals surface area contributed by atoms with E-state index in [2.05, 4.69) is 16.9 Å². The van der Waals surface area contributed by atoms with Crippen molar-refractivity contribution in [2.45, 2.75) is 25.1 Å². The van der Waals surface area contributed by atoms with E-state index in [-0.39, 0.29) is 0 Å². The predicted octanol–water partition coefficient (Wildman–Crippen LogP) is 1.64. The summed E-state index contributed by atoms with van der Waals surface area (Å²) >= 11 is 1.59. The molecule has 0 amide bonds. The molecule has 0 spiro atoms. The van der Waals surface area contributed by atoms with E-state index in [9.17, 15) is 0 Å². The monoisotopic (exact) mass is 184 g/mol. The average Bonchev–Trinajstić information content (AvgIpc) is 2.06. The van der Waals surface area contributed by atoms with Crippen molar-refractivity contribution < 1.29 is 5.11 Å². The Morgan fingerprint density at radius 3 is 2.50 bits per heavy atom. The van der Waals surface area contributed by atoms with Gasteiger partial charge in [-0.3, -0.25) is 0 Å². The van der Waals surface area contributed by atoms with Crippen LogP contribution in [0.25, 0.3) is 0 Å². The molecule has 0 saturated heterocycles. The van der Waals surface area contributed by atoms with Crippen molar-refractivity contribution in [1.29, 1.82) is 0 Å². The maximum atomic E-state index is 9.16. The number of nitrogens with zero attached hydrogens (tertiary/aromatic N) is 2. The normalized spacial score (nSPS) is 12.9. The standard InChI is InChI=1S/C8H12N2OS/c1-3-12-8-9-4-7(5-10-8)6(2)11/h4-6,11H,3H2,1-2H3/t6-/m0/s1. The van der Waals surface area contributed by atoms with E-state index in [0.29, 0.717) is 0 Å². The first-order valence-corrected chi connectivity index (χ1v) is 4.85. The minimum atomic E-state index is -0.481. The van der Waals surface area contributed by atoms with E-state index < -0.39 is 6.10 Å². The highest BCUT2D eigenvalue weighted by Gasteiger charge is 2.01. The van der Waals surface area contributed by atoms with Gasteiger partial charge in [0.2, 0.25) is 0 Å². The molecule has 0 aliphatic carbocycles. The number of hydrogen-bond donors (Lipinski definition) is 1. The van der Waals surface area contributed by atoms with Crippen molar-refractivity contribution in [3.63, 3.8) is 0 Å². The summed E-state index contributed by atoms with van der Waals surface area (Å²) in [7, 11) is 0. The molecular formula is C8H12N2OS. The molecule has 1 aromatic rings. The molecule has 0 aliphatic heterocycles. The van der Waals surface area contributed by atoms with Crippen LogP contribution in [-0.2, 0) is 0 Å². The molecule has 1 aromatic heterocycles. The molecule has 0 saturated carbocycles. The van der Waals surface area contributed by atoms with Gasteiger partial charge in [-0.2, -0.15) is 0 Å². The van der Waals surface area contributed by atoms with Crippen molar-refractivity contribution in [3.05, 3.63) is 18.0 Å². The second kappa shape index (κ2) is 4.42. The van der Waals surface area contributed by atoms with Gasteiger partial charge in [0.1, 0.15) is 0 Å². The third kappa shape index (κ3) is 2.46. The molecule has 12 heavy (non-hydrogen) atoms. The van der Waals surface area contributed by atoms with Gasteiger partial charge < -0.3 is 5.11 Å². The third-order valence-corrected chi connectivity index (χ3v) is 2.16. The number of hydrogen-bond acceptors (Lipinski definition) is 4. The first-order chi connectivity index (χ1) is 5.74. The molecule has 0 aromatic carbocycles. The molecule has 0 unspecified atom stereocenters. The zero-order valence-electron chi connectivity index (χ0n) is 7.19. The summed E-state index contributed by atoms with van der Waals surface area (Å²) in [5, 5.41) is 9.92. The van der Waals surface area contributed by atoms with E-state index in [1.165, 1.54) is 0 Å². The highest BCUT2D eigenvalue weighted by molar-refractivity contribution is 7.99. The lowest BCUT2D eigenvalue weighted by Crippen LogP contribution is -1.95. The quantitative estimate of drug-likeness (QED) is 0.573. The molecule has 66 valence electrons. The first-order valence-electron chi connectivity index (χ1n) is 3.87. The number of aliphatic hydroxyl groups is 1. The van der Waals surface area contributed by atoms with Crippen molar-refractivity contribution in [2.24, 2.45) is 0 Å². The Morgan fingerprint density at radius 1 is 1.50 bits per heavy atom. The summed E-state index contributed by atoms with van der Waals surface area (Å²) < 4.78 is 0. The van der Waals surface area contributed by atoms with Crippen LogP contribution in [0, 0.1) is 0 Å². The fraction of sp³-hybridized carbons (Fsp3) is 0.500. The lowest BCUT2D eigenvalue weighted by molar-refractivity contribution is 0.198. The van der Waals surface area contributed by atoms with Crippen LogP contribution >= 0.6 is 11.8 Å². The Morgan fingerprint density at radius 2 is 2.08 bits per heavy atom. The maximum Gasteiger partial charge on any atom is 0.187 e. The Hall–Kier alpha value is -0.610. The van der Waals surface area contributed by atoms with Crippen LogP contribution in [0.3, 0.4) is 0 Å². The maximum absolute atomic E-state index is 9.16. The van der Waals surface area contributed by atoms with Gasteiger partial charge >= 0.3 is 0 Å². The Balaban J connectivity index is 2.71. The van der Waals surface area contributed by atoms with Crippen molar-refractivity contribution in [2.75, 3.05) is 5.75 Å². The largest absolute Gasteiger partial charge is 0.389 e. The molecule has 3 nitrogen and oxygen atoms in total. The zero-order chi connectivity index (χ0) is 8.97. The molecule has 1 heterocycles. The van der Waals surface area contributed by atoms with Gasteiger partial charge in [0, 0.05) is 18.0 Å². The molecule has 0 bridgehead atoms. The summed E-state index contributed by atoms with van der Waals surface area (Å²) in [5.74, 6) is 0.966. The zero-order valence-corrected chi connectivity index (χ0v) is 8.01. The number of rotatable bonds is 3. The Labute approximate surface area is 76.2 Å². The van der Waals surface area contributed by atoms with Gasteiger partial charge in [-0.25, -0.2) is 9.97 Å². The second-order valence-electron chi connectivity index (χ2n) is 2.41. The molecular weight excluding hydrogens is 172 g/mol. The number of thioether (sulfide) groups is 1. The van der Waals surface area contributed by atoms with Gasteiger partial charge in [-0.15, -0.1) is 0 Å². The molecule has 0 aliphatic rings. The molecule has 1 rings (SSSR count). The lowest BCUT2D eigenvalue weighted by Gasteiger charge is -2.02. The number of aliphatic hydroxyl groups excluding tert-OH is 1. The van der Waals surface area contributed by atoms with Crippen molar-refractivity contribution in [1.82, 2.24) is 9.97 Å². The van der Waals surface area contributed by atoms with Crippen molar-refractivity contribution >= 4 is 11.8 Å². The van der Waals surface area contributed by atoms with Crippen LogP contribution < -0.4 is 0 Å². The van der Waals surface area contributed by atoms with Crippen LogP contribution in [0.1, 0.15) is 25.5 Å². The summed E-state index contributed by atoms with van der Waals surface area (Å²) in [4.78, 5) is 8.16. The van der Waals surface area contributed by atoms with E-state index in [1.807, 2.05) is 0 Å². The second-order valence-corrected chi connectivity index (χ2v) is 3.64. The average molecular weight is 184 g/mol. The van der Waals surface area contributed by atoms with Gasteiger partial charge in [0.05, 0.1) is 6.10 Å². The summed E-state index contributed by atoms with van der Waals surface area (Å²) in [6, 6.07) is 0. The SMILES string of the molecule is CCSc1ncc([C@H](C)O)cn1. The van der Waals surface area contributed by atoms with E-state index >= 15 is 0 Å². The lowest BCUT2D eigenvalue weighted by atomic mass is 10.2. The smallest absolute Gasteiger partial charge is 0.187 e. The summed E-state index contributed by atoms with van der Waals surface area (Å²) in [6.07, 6.45) is 2.84. The topological polar surface area (TPSA) is 46.0 Å². The molecule has 1 atom stereocenters. The Bertz CT molecular complexity index is 235. The van der Waals surface area contributed by atoms with Crippen LogP contribution in [0.5, 0.6) is 0 Å². The minimum Gasteiger partial charge on any atom is -0.389 e. The van der Waals surface area contributed by atoms with Crippen molar-refractivity contribution in [3.8, 4) is 0 Å². The van der Waals surface area contributed by atoms with Gasteiger partial charge in [-0.05, 0) is 12.7 Å². The van der Waals surface area contributed by atoms with Gasteiger partial charge in [0.25, 0.3) is 0 Å². The summed E-state index contributed by atoms with van der Waals surface area (Å²) in [5.41, 5.74) is 0.760. The third-order valence-electron chi connectivity index (χ3n) is 1.40. The Kier molecular flexibility index (Phi) is 3.49. The molecule has 4 heteroatoms. The van der Waals surface area contributed by atoms with E-state index in [1.54, 1.807) is 31.1 Å². The molecule has 1 N–H and O–H groups in total. The van der Waals surface area contributed by atoms with Crippen LogP contribution in [0.4, 0.5) is 0 Å². The highest BCUT2D eigenvalue weighted by Crippen LogP contribution is 2.14. The minimum absolute atomic E-state index is 0.481. The highest BCUT2D eigenvalue weighted by atomic mass is 32.2. The molecule has 0 radical (unpaired) electrons. The van der Waals surface area contributed by atoms with E-state index in [0.717, 1.165) is 16.5 Å². The first kappa shape index (κ1) is 9.48. The summed E-state index contributed by atoms with van der Waals surface area (Å²) in [6.45, 7) is 3.75. The fourth-order valence-corrected chi connectivity index (χ4v) is 1.26. The van der Waals surface area contributed by atoms with Crippen LogP contribution in [-0.4, -0.2) is 20.8 Å². The van der Waals surface area contributed by atoms with E-state index in [4.69, 9.17) is 5.11 Å². The van der Waals surface area contributed by atoms with Gasteiger partial charge in [0.15, 0.2) is 5.16 Å². The predicted molar refractivity (Wildman–Crippen MR) is 49.1 cm³/mol. The van der Waals surface area contributed by atoms with Crippen LogP contribution in [0.2, 0.25) is 0 Å². The fourth-order valence-electron chi connectivity index (χ4n) is 0.746. The van der Waals surface area contributed by atoms with Crippen LogP contribution in [0.15, 0.2) is 17.6 Å². The van der Waals surface area contributed by atoms with Gasteiger partial charge in [-0.1, -0.05) is 18.7 Å². The molecule has 0 fully saturated rings.